The highest BCUT2D eigenvalue weighted by molar-refractivity contribution is 5.93. The van der Waals surface area contributed by atoms with Gasteiger partial charge in [-0.2, -0.15) is 0 Å². The molecule has 0 atom stereocenters. The van der Waals surface area contributed by atoms with Gasteiger partial charge in [-0.15, -0.1) is 0 Å². The van der Waals surface area contributed by atoms with E-state index in [9.17, 15) is 4.79 Å². The van der Waals surface area contributed by atoms with Gasteiger partial charge in [0.15, 0.2) is 0 Å². The van der Waals surface area contributed by atoms with E-state index in [1.807, 2.05) is 49.4 Å². The SMILES string of the molecule is COC(=O)C1CCN(CCOc2cccc(Nc3cc(C)nc4ccccc34)c2)CC1. The summed E-state index contributed by atoms with van der Waals surface area (Å²) in [5, 5.41) is 4.61. The van der Waals surface area contributed by atoms with E-state index in [1.165, 1.54) is 7.11 Å². The lowest BCUT2D eigenvalue weighted by Crippen LogP contribution is -2.38. The van der Waals surface area contributed by atoms with Crippen molar-refractivity contribution in [2.45, 2.75) is 19.8 Å². The quantitative estimate of drug-likeness (QED) is 0.567. The average molecular weight is 420 g/mol. The van der Waals surface area contributed by atoms with Crippen molar-refractivity contribution in [3.05, 3.63) is 60.3 Å². The van der Waals surface area contributed by atoms with Crippen LogP contribution in [0.4, 0.5) is 11.4 Å². The number of hydrogen-bond acceptors (Lipinski definition) is 6. The number of rotatable bonds is 7. The highest BCUT2D eigenvalue weighted by atomic mass is 16.5. The predicted octanol–water partition coefficient (Wildman–Crippen LogP) is 4.55. The fraction of sp³-hybridized carbons (Fsp3) is 0.360. The number of anilines is 2. The third-order valence-corrected chi connectivity index (χ3v) is 5.76. The predicted molar refractivity (Wildman–Crippen MR) is 123 cm³/mol. The number of fused-ring (bicyclic) bond motifs is 1. The molecule has 0 bridgehead atoms. The molecule has 3 aromatic rings. The molecule has 0 radical (unpaired) electrons. The standard InChI is InChI=1S/C25H29N3O3/c1-18-16-24(22-8-3-4-9-23(22)26-18)27-20-6-5-7-21(17-20)31-15-14-28-12-10-19(11-13-28)25(29)30-2/h3-9,16-17,19H,10-15H2,1-2H3,(H,26,27). The zero-order valence-corrected chi connectivity index (χ0v) is 18.1. The van der Waals surface area contributed by atoms with E-state index >= 15 is 0 Å². The lowest BCUT2D eigenvalue weighted by atomic mass is 9.97. The maximum atomic E-state index is 11.7. The Morgan fingerprint density at radius 3 is 2.74 bits per heavy atom. The lowest BCUT2D eigenvalue weighted by molar-refractivity contribution is -0.147. The number of nitrogens with zero attached hydrogens (tertiary/aromatic N) is 2. The molecule has 0 spiro atoms. The van der Waals surface area contributed by atoms with Crippen molar-refractivity contribution < 1.29 is 14.3 Å². The van der Waals surface area contributed by atoms with Crippen molar-refractivity contribution in [2.24, 2.45) is 5.92 Å². The first-order valence-corrected chi connectivity index (χ1v) is 10.8. The molecule has 2 aromatic carbocycles. The largest absolute Gasteiger partial charge is 0.492 e. The van der Waals surface area contributed by atoms with Crippen molar-refractivity contribution in [3.63, 3.8) is 0 Å². The van der Waals surface area contributed by atoms with Gasteiger partial charge in [0, 0.05) is 35.1 Å². The Labute approximate surface area is 183 Å². The molecule has 162 valence electrons. The molecule has 0 aliphatic carbocycles. The van der Waals surface area contributed by atoms with Crippen molar-refractivity contribution >= 4 is 28.2 Å². The molecular formula is C25H29N3O3. The topological polar surface area (TPSA) is 63.7 Å². The van der Waals surface area contributed by atoms with Crippen LogP contribution in [0.1, 0.15) is 18.5 Å². The van der Waals surface area contributed by atoms with E-state index in [1.54, 1.807) is 0 Å². The van der Waals surface area contributed by atoms with Gasteiger partial charge in [-0.1, -0.05) is 24.3 Å². The number of piperidine rings is 1. The summed E-state index contributed by atoms with van der Waals surface area (Å²) in [6.07, 6.45) is 1.71. The number of pyridine rings is 1. The Bertz CT molecular complexity index is 1050. The zero-order chi connectivity index (χ0) is 21.6. The van der Waals surface area contributed by atoms with Crippen LogP contribution in [0.25, 0.3) is 10.9 Å². The van der Waals surface area contributed by atoms with Crippen LogP contribution in [0.15, 0.2) is 54.6 Å². The molecule has 1 aliphatic rings. The maximum absolute atomic E-state index is 11.7. The third-order valence-electron chi connectivity index (χ3n) is 5.76. The van der Waals surface area contributed by atoms with E-state index in [2.05, 4.69) is 27.3 Å². The van der Waals surface area contributed by atoms with Crippen LogP contribution in [-0.2, 0) is 9.53 Å². The Morgan fingerprint density at radius 1 is 1.13 bits per heavy atom. The van der Waals surface area contributed by atoms with E-state index < -0.39 is 0 Å². The van der Waals surface area contributed by atoms with Crippen LogP contribution in [0.5, 0.6) is 5.75 Å². The second-order valence-electron chi connectivity index (χ2n) is 7.97. The molecule has 0 amide bonds. The summed E-state index contributed by atoms with van der Waals surface area (Å²) in [4.78, 5) is 18.6. The first-order valence-electron chi connectivity index (χ1n) is 10.8. The Hall–Kier alpha value is -3.12. The van der Waals surface area contributed by atoms with E-state index in [0.29, 0.717) is 6.61 Å². The van der Waals surface area contributed by atoms with Crippen LogP contribution in [0.2, 0.25) is 0 Å². The van der Waals surface area contributed by atoms with E-state index in [4.69, 9.17) is 9.47 Å². The number of nitrogens with one attached hydrogen (secondary N) is 1. The average Bonchev–Trinajstić information content (AvgIpc) is 2.79. The Kier molecular flexibility index (Phi) is 6.67. The summed E-state index contributed by atoms with van der Waals surface area (Å²) in [6, 6.07) is 18.2. The molecule has 1 N–H and O–H groups in total. The van der Waals surface area contributed by atoms with Gasteiger partial charge in [0.1, 0.15) is 12.4 Å². The second kappa shape index (κ2) is 9.79. The van der Waals surface area contributed by atoms with Gasteiger partial charge in [-0.25, -0.2) is 0 Å². The van der Waals surface area contributed by atoms with Gasteiger partial charge in [-0.05, 0) is 57.1 Å². The maximum Gasteiger partial charge on any atom is 0.308 e. The summed E-state index contributed by atoms with van der Waals surface area (Å²) in [7, 11) is 1.46. The first-order chi connectivity index (χ1) is 15.1. The fourth-order valence-electron chi connectivity index (χ4n) is 4.08. The summed E-state index contributed by atoms with van der Waals surface area (Å²) in [6.45, 7) is 5.27. The Morgan fingerprint density at radius 2 is 1.94 bits per heavy atom. The second-order valence-corrected chi connectivity index (χ2v) is 7.97. The van der Waals surface area contributed by atoms with Crippen LogP contribution < -0.4 is 10.1 Å². The molecule has 1 aliphatic heterocycles. The minimum atomic E-state index is -0.0858. The molecule has 6 nitrogen and oxygen atoms in total. The van der Waals surface area contributed by atoms with Crippen LogP contribution in [0, 0.1) is 12.8 Å². The number of para-hydroxylation sites is 1. The van der Waals surface area contributed by atoms with Crippen molar-refractivity contribution in [2.75, 3.05) is 38.7 Å². The molecule has 4 rings (SSSR count). The van der Waals surface area contributed by atoms with Gasteiger partial charge in [-0.3, -0.25) is 14.7 Å². The van der Waals surface area contributed by atoms with Crippen LogP contribution in [-0.4, -0.2) is 49.2 Å². The highest BCUT2D eigenvalue weighted by Gasteiger charge is 2.25. The number of methoxy groups -OCH3 is 1. The summed E-state index contributed by atoms with van der Waals surface area (Å²) >= 11 is 0. The molecule has 2 heterocycles. The van der Waals surface area contributed by atoms with E-state index in [-0.39, 0.29) is 11.9 Å². The Balaban J connectivity index is 1.33. The van der Waals surface area contributed by atoms with Crippen LogP contribution >= 0.6 is 0 Å². The fourth-order valence-corrected chi connectivity index (χ4v) is 4.08. The summed E-state index contributed by atoms with van der Waals surface area (Å²) in [5.74, 6) is 0.791. The van der Waals surface area contributed by atoms with Crippen molar-refractivity contribution in [1.29, 1.82) is 0 Å². The molecule has 1 aromatic heterocycles. The lowest BCUT2D eigenvalue weighted by Gasteiger charge is -2.30. The number of carbonyl (C=O) groups is 1. The van der Waals surface area contributed by atoms with Crippen molar-refractivity contribution in [3.8, 4) is 5.75 Å². The van der Waals surface area contributed by atoms with Gasteiger partial charge in [0.2, 0.25) is 0 Å². The molecule has 6 heteroatoms. The zero-order valence-electron chi connectivity index (χ0n) is 18.1. The number of benzene rings is 2. The smallest absolute Gasteiger partial charge is 0.308 e. The first kappa shape index (κ1) is 21.1. The van der Waals surface area contributed by atoms with Crippen LogP contribution in [0.3, 0.4) is 0 Å². The molecule has 0 saturated carbocycles. The molecule has 1 fully saturated rings. The number of carbonyl (C=O) groups excluding carboxylic acids is 1. The van der Waals surface area contributed by atoms with Crippen molar-refractivity contribution in [1.82, 2.24) is 9.88 Å². The molecule has 31 heavy (non-hydrogen) atoms. The van der Waals surface area contributed by atoms with Gasteiger partial charge in [0.25, 0.3) is 0 Å². The number of hydrogen-bond donors (Lipinski definition) is 1. The monoisotopic (exact) mass is 419 g/mol. The highest BCUT2D eigenvalue weighted by Crippen LogP contribution is 2.28. The molecular weight excluding hydrogens is 390 g/mol. The number of likely N-dealkylation sites (tertiary alicyclic amines) is 1. The normalized spacial score (nSPS) is 15.0. The number of ether oxygens (including phenoxy) is 2. The molecule has 1 saturated heterocycles. The number of aromatic nitrogens is 1. The molecule has 0 unspecified atom stereocenters. The summed E-state index contributed by atoms with van der Waals surface area (Å²) in [5.41, 5.74) is 3.97. The minimum Gasteiger partial charge on any atom is -0.492 e. The summed E-state index contributed by atoms with van der Waals surface area (Å²) < 4.78 is 10.9. The number of aryl methyl sites for hydroxylation is 1. The minimum absolute atomic E-state index is 0.0397. The van der Waals surface area contributed by atoms with Gasteiger partial charge < -0.3 is 14.8 Å². The van der Waals surface area contributed by atoms with Gasteiger partial charge in [0.05, 0.1) is 18.5 Å². The third kappa shape index (κ3) is 5.33. The van der Waals surface area contributed by atoms with E-state index in [0.717, 1.165) is 66.2 Å². The number of esters is 1. The van der Waals surface area contributed by atoms with Gasteiger partial charge >= 0.3 is 5.97 Å².